The normalized spacial score (nSPS) is 17.8. The van der Waals surface area contributed by atoms with Gasteiger partial charge < -0.3 is 9.84 Å². The van der Waals surface area contributed by atoms with Crippen molar-refractivity contribution in [3.8, 4) is 5.75 Å². The third-order valence-corrected chi connectivity index (χ3v) is 4.69. The number of aryl methyl sites for hydroxylation is 3. The molecule has 0 aromatic heterocycles. The van der Waals surface area contributed by atoms with E-state index in [1.165, 1.54) is 29.5 Å². The van der Waals surface area contributed by atoms with Crippen molar-refractivity contribution in [3.05, 3.63) is 64.2 Å². The number of hydrogen-bond donors (Lipinski definition) is 1. The molecule has 1 atom stereocenters. The van der Waals surface area contributed by atoms with Crippen molar-refractivity contribution >= 4 is 0 Å². The number of hydrogen-bond acceptors (Lipinski definition) is 2. The van der Waals surface area contributed by atoms with Gasteiger partial charge >= 0.3 is 0 Å². The van der Waals surface area contributed by atoms with E-state index in [9.17, 15) is 5.11 Å². The van der Waals surface area contributed by atoms with Gasteiger partial charge in [-0.15, -0.1) is 0 Å². The van der Waals surface area contributed by atoms with Crippen molar-refractivity contribution < 1.29 is 9.84 Å². The van der Waals surface area contributed by atoms with Crippen LogP contribution in [0, 0.1) is 0 Å². The summed E-state index contributed by atoms with van der Waals surface area (Å²) in [6, 6.07) is 12.5. The molecule has 0 fully saturated rings. The molecule has 1 aliphatic carbocycles. The van der Waals surface area contributed by atoms with Crippen LogP contribution in [0.2, 0.25) is 0 Å². The number of benzene rings is 2. The zero-order chi connectivity index (χ0) is 14.2. The summed E-state index contributed by atoms with van der Waals surface area (Å²) in [5.74, 6) is 0.978. The van der Waals surface area contributed by atoms with Gasteiger partial charge in [0.15, 0.2) is 0 Å². The Labute approximate surface area is 125 Å². The van der Waals surface area contributed by atoms with Gasteiger partial charge in [0.1, 0.15) is 11.9 Å². The van der Waals surface area contributed by atoms with Crippen molar-refractivity contribution in [2.75, 3.05) is 6.61 Å². The highest BCUT2D eigenvalue weighted by atomic mass is 16.5. The van der Waals surface area contributed by atoms with Gasteiger partial charge in [0.25, 0.3) is 0 Å². The zero-order valence-electron chi connectivity index (χ0n) is 12.1. The number of aliphatic hydroxyl groups is 1. The monoisotopic (exact) mass is 280 g/mol. The number of rotatable bonds is 2. The minimum absolute atomic E-state index is 0.539. The van der Waals surface area contributed by atoms with E-state index in [0.717, 1.165) is 42.7 Å². The molecule has 2 aliphatic rings. The Morgan fingerprint density at radius 1 is 0.810 bits per heavy atom. The average Bonchev–Trinajstić information content (AvgIpc) is 3.01. The highest BCUT2D eigenvalue weighted by Gasteiger charge is 2.18. The average molecular weight is 280 g/mol. The zero-order valence-corrected chi connectivity index (χ0v) is 12.1. The Bertz CT molecular complexity index is 675. The van der Waals surface area contributed by atoms with E-state index in [-0.39, 0.29) is 0 Å². The molecule has 1 aliphatic heterocycles. The van der Waals surface area contributed by atoms with Gasteiger partial charge in [-0.05, 0) is 72.1 Å². The van der Waals surface area contributed by atoms with Crippen LogP contribution in [0.5, 0.6) is 5.75 Å². The van der Waals surface area contributed by atoms with Gasteiger partial charge in [-0.2, -0.15) is 0 Å². The fraction of sp³-hybridized carbons (Fsp3) is 0.368. The van der Waals surface area contributed by atoms with Crippen molar-refractivity contribution in [1.29, 1.82) is 0 Å². The van der Waals surface area contributed by atoms with Crippen LogP contribution in [0.1, 0.15) is 46.8 Å². The third kappa shape index (κ3) is 2.34. The summed E-state index contributed by atoms with van der Waals surface area (Å²) in [5, 5.41) is 10.7. The first-order chi connectivity index (χ1) is 10.3. The molecule has 0 saturated heterocycles. The van der Waals surface area contributed by atoms with Crippen LogP contribution in [0.3, 0.4) is 0 Å². The molecular formula is C19H20O2. The van der Waals surface area contributed by atoms with E-state index in [1.807, 2.05) is 12.1 Å². The molecule has 0 saturated carbocycles. The van der Waals surface area contributed by atoms with Gasteiger partial charge in [-0.25, -0.2) is 0 Å². The summed E-state index contributed by atoms with van der Waals surface area (Å²) >= 11 is 0. The Kier molecular flexibility index (Phi) is 3.19. The Morgan fingerprint density at radius 2 is 1.52 bits per heavy atom. The molecule has 0 amide bonds. The molecule has 2 aromatic carbocycles. The highest BCUT2D eigenvalue weighted by Crippen LogP contribution is 2.32. The van der Waals surface area contributed by atoms with Crippen LogP contribution in [0.25, 0.3) is 0 Å². The Hall–Kier alpha value is -1.80. The van der Waals surface area contributed by atoms with Crippen LogP contribution < -0.4 is 4.74 Å². The van der Waals surface area contributed by atoms with Crippen LogP contribution >= 0.6 is 0 Å². The third-order valence-electron chi connectivity index (χ3n) is 4.69. The Morgan fingerprint density at radius 3 is 2.43 bits per heavy atom. The summed E-state index contributed by atoms with van der Waals surface area (Å²) in [6.07, 6.45) is 5.13. The smallest absolute Gasteiger partial charge is 0.122 e. The molecule has 0 spiro atoms. The molecule has 21 heavy (non-hydrogen) atoms. The second kappa shape index (κ2) is 5.19. The predicted octanol–water partition coefficient (Wildman–Crippen LogP) is 3.58. The SMILES string of the molecule is OC(c1ccc2c(c1)CCC2)c1ccc2c(c1)CCCO2. The Balaban J connectivity index is 1.66. The quantitative estimate of drug-likeness (QED) is 0.911. The maximum absolute atomic E-state index is 10.7. The van der Waals surface area contributed by atoms with E-state index in [4.69, 9.17) is 4.74 Å². The molecule has 108 valence electrons. The molecule has 2 nitrogen and oxygen atoms in total. The van der Waals surface area contributed by atoms with Crippen molar-refractivity contribution in [1.82, 2.24) is 0 Å². The lowest BCUT2D eigenvalue weighted by atomic mass is 9.95. The number of ether oxygens (including phenoxy) is 1. The molecule has 1 unspecified atom stereocenters. The summed E-state index contributed by atoms with van der Waals surface area (Å²) in [6.45, 7) is 0.805. The molecule has 1 N–H and O–H groups in total. The maximum atomic E-state index is 10.7. The first-order valence-electron chi connectivity index (χ1n) is 7.87. The van der Waals surface area contributed by atoms with E-state index in [0.29, 0.717) is 0 Å². The van der Waals surface area contributed by atoms with Gasteiger partial charge in [0, 0.05) is 0 Å². The first kappa shape index (κ1) is 12.9. The van der Waals surface area contributed by atoms with E-state index in [1.54, 1.807) is 0 Å². The predicted molar refractivity (Wildman–Crippen MR) is 82.8 cm³/mol. The van der Waals surface area contributed by atoms with Crippen LogP contribution in [0.15, 0.2) is 36.4 Å². The summed E-state index contributed by atoms with van der Waals surface area (Å²) < 4.78 is 5.64. The number of fused-ring (bicyclic) bond motifs is 2. The molecule has 1 heterocycles. The van der Waals surface area contributed by atoms with E-state index in [2.05, 4.69) is 24.3 Å². The largest absolute Gasteiger partial charge is 0.493 e. The molecule has 2 heteroatoms. The second-order valence-corrected chi connectivity index (χ2v) is 6.10. The minimum atomic E-state index is -0.539. The molecule has 2 aromatic rings. The lowest BCUT2D eigenvalue weighted by molar-refractivity contribution is 0.219. The van der Waals surface area contributed by atoms with Gasteiger partial charge in [-0.1, -0.05) is 24.3 Å². The topological polar surface area (TPSA) is 29.5 Å². The van der Waals surface area contributed by atoms with E-state index >= 15 is 0 Å². The summed E-state index contributed by atoms with van der Waals surface area (Å²) in [7, 11) is 0. The van der Waals surface area contributed by atoms with Crippen molar-refractivity contribution in [2.45, 2.75) is 38.2 Å². The minimum Gasteiger partial charge on any atom is -0.493 e. The molecule has 0 radical (unpaired) electrons. The standard InChI is InChI=1S/C19H20O2/c20-19(16-7-6-13-3-1-4-14(13)11-16)17-8-9-18-15(12-17)5-2-10-21-18/h6-9,11-12,19-20H,1-5,10H2. The van der Waals surface area contributed by atoms with E-state index < -0.39 is 6.10 Å². The highest BCUT2D eigenvalue weighted by molar-refractivity contribution is 5.43. The summed E-state index contributed by atoms with van der Waals surface area (Å²) in [4.78, 5) is 0. The van der Waals surface area contributed by atoms with Gasteiger partial charge in [0.2, 0.25) is 0 Å². The summed E-state index contributed by atoms with van der Waals surface area (Å²) in [5.41, 5.74) is 6.06. The van der Waals surface area contributed by atoms with Crippen molar-refractivity contribution in [3.63, 3.8) is 0 Å². The van der Waals surface area contributed by atoms with Crippen molar-refractivity contribution in [2.24, 2.45) is 0 Å². The van der Waals surface area contributed by atoms with Gasteiger partial charge in [0.05, 0.1) is 6.61 Å². The molecule has 0 bridgehead atoms. The van der Waals surface area contributed by atoms with Crippen LogP contribution in [-0.2, 0) is 19.3 Å². The lowest BCUT2D eigenvalue weighted by Gasteiger charge is -2.20. The maximum Gasteiger partial charge on any atom is 0.122 e. The van der Waals surface area contributed by atoms with Gasteiger partial charge in [-0.3, -0.25) is 0 Å². The number of aliphatic hydroxyl groups excluding tert-OH is 1. The lowest BCUT2D eigenvalue weighted by Crippen LogP contribution is -2.09. The van der Waals surface area contributed by atoms with Crippen LogP contribution in [0.4, 0.5) is 0 Å². The van der Waals surface area contributed by atoms with Crippen LogP contribution in [-0.4, -0.2) is 11.7 Å². The molecular weight excluding hydrogens is 260 g/mol. The second-order valence-electron chi connectivity index (χ2n) is 6.10. The fourth-order valence-electron chi connectivity index (χ4n) is 3.50. The molecule has 4 rings (SSSR count). The fourth-order valence-corrected chi connectivity index (χ4v) is 3.50. The first-order valence-corrected chi connectivity index (χ1v) is 7.87.